The first kappa shape index (κ1) is 14.4. The van der Waals surface area contributed by atoms with E-state index >= 15 is 0 Å². The monoisotopic (exact) mass is 262 g/mol. The van der Waals surface area contributed by atoms with Gasteiger partial charge in [-0.2, -0.15) is 0 Å². The number of piperidine rings is 1. The molecule has 0 saturated carbocycles. The predicted molar refractivity (Wildman–Crippen MR) is 80.4 cm³/mol. The highest BCUT2D eigenvalue weighted by molar-refractivity contribution is 5.48. The summed E-state index contributed by atoms with van der Waals surface area (Å²) in [5.41, 5.74) is 2.55. The van der Waals surface area contributed by atoms with Gasteiger partial charge in [0.25, 0.3) is 0 Å². The summed E-state index contributed by atoms with van der Waals surface area (Å²) in [7, 11) is 0. The molecule has 106 valence electrons. The first-order valence-corrected chi connectivity index (χ1v) is 7.43. The van der Waals surface area contributed by atoms with Crippen LogP contribution in [0.1, 0.15) is 32.3 Å². The fourth-order valence-electron chi connectivity index (χ4n) is 2.52. The van der Waals surface area contributed by atoms with E-state index < -0.39 is 0 Å². The lowest BCUT2D eigenvalue weighted by Gasteiger charge is -2.35. The molecule has 0 amide bonds. The zero-order chi connectivity index (χ0) is 13.7. The van der Waals surface area contributed by atoms with E-state index in [1.54, 1.807) is 0 Å². The van der Waals surface area contributed by atoms with E-state index in [0.717, 1.165) is 32.6 Å². The largest absolute Gasteiger partial charge is 0.391 e. The number of hydrogen-bond acceptors (Lipinski definition) is 3. The van der Waals surface area contributed by atoms with Crippen LogP contribution in [0.25, 0.3) is 0 Å². The lowest BCUT2D eigenvalue weighted by atomic mass is 9.95. The molecular weight excluding hydrogens is 236 g/mol. The van der Waals surface area contributed by atoms with Gasteiger partial charge >= 0.3 is 0 Å². The van der Waals surface area contributed by atoms with Gasteiger partial charge in [0.05, 0.1) is 6.10 Å². The van der Waals surface area contributed by atoms with Crippen LogP contribution in [0.2, 0.25) is 0 Å². The molecule has 1 aromatic rings. The molecule has 2 N–H and O–H groups in total. The molecule has 2 rings (SSSR count). The Morgan fingerprint density at radius 2 is 2.05 bits per heavy atom. The normalized spacial score (nSPS) is 23.6. The van der Waals surface area contributed by atoms with Gasteiger partial charge in [-0.05, 0) is 43.0 Å². The van der Waals surface area contributed by atoms with E-state index in [4.69, 9.17) is 0 Å². The number of anilines is 1. The molecule has 3 nitrogen and oxygen atoms in total. The van der Waals surface area contributed by atoms with E-state index in [2.05, 4.69) is 48.3 Å². The van der Waals surface area contributed by atoms with Crippen LogP contribution in [0.5, 0.6) is 0 Å². The first-order valence-electron chi connectivity index (χ1n) is 7.43. The molecule has 2 atom stereocenters. The number of benzene rings is 1. The lowest BCUT2D eigenvalue weighted by molar-refractivity contribution is 0.103. The molecule has 0 bridgehead atoms. The molecule has 3 heteroatoms. The van der Waals surface area contributed by atoms with Gasteiger partial charge in [-0.15, -0.1) is 0 Å². The van der Waals surface area contributed by atoms with Gasteiger partial charge in [-0.1, -0.05) is 26.0 Å². The number of β-amino-alcohol motifs (C(OH)–C–C–N with tert-alkyl or cyclic N) is 1. The highest BCUT2D eigenvalue weighted by atomic mass is 16.3. The summed E-state index contributed by atoms with van der Waals surface area (Å²) in [5.74, 6) is 0.425. The average molecular weight is 262 g/mol. The predicted octanol–water partition coefficient (Wildman–Crippen LogP) is 2.39. The second-order valence-corrected chi connectivity index (χ2v) is 5.62. The maximum atomic E-state index is 9.96. The Balaban J connectivity index is 1.91. The second-order valence-electron chi connectivity index (χ2n) is 5.62. The van der Waals surface area contributed by atoms with E-state index in [9.17, 15) is 5.11 Å². The third kappa shape index (κ3) is 3.95. The molecule has 0 aromatic heterocycles. The van der Waals surface area contributed by atoms with Gasteiger partial charge in [-0.3, -0.25) is 0 Å². The smallest absolute Gasteiger partial charge is 0.0741 e. The van der Waals surface area contributed by atoms with Crippen molar-refractivity contribution >= 4 is 5.69 Å². The molecule has 1 aliphatic rings. The van der Waals surface area contributed by atoms with Crippen molar-refractivity contribution in [1.29, 1.82) is 0 Å². The second kappa shape index (κ2) is 6.92. The standard InChI is InChI=1S/C16H26N2O/c1-3-9-17-11-14-4-6-15(7-5-14)18-10-8-13(2)16(19)12-18/h4-7,13,16-17,19H,3,8-12H2,1-2H3. The van der Waals surface area contributed by atoms with Crippen molar-refractivity contribution in [3.8, 4) is 0 Å². The van der Waals surface area contributed by atoms with E-state index in [1.807, 2.05) is 0 Å². The topological polar surface area (TPSA) is 35.5 Å². The van der Waals surface area contributed by atoms with Crippen molar-refractivity contribution in [2.45, 2.75) is 39.3 Å². The van der Waals surface area contributed by atoms with Crippen LogP contribution >= 0.6 is 0 Å². The highest BCUT2D eigenvalue weighted by Crippen LogP contribution is 2.23. The first-order chi connectivity index (χ1) is 9.20. The fraction of sp³-hybridized carbons (Fsp3) is 0.625. The lowest BCUT2D eigenvalue weighted by Crippen LogP contribution is -2.42. The Morgan fingerprint density at radius 1 is 1.32 bits per heavy atom. The van der Waals surface area contributed by atoms with Gasteiger partial charge in [0.1, 0.15) is 0 Å². The van der Waals surface area contributed by atoms with E-state index in [-0.39, 0.29) is 6.10 Å². The molecule has 0 radical (unpaired) electrons. The third-order valence-corrected chi connectivity index (χ3v) is 3.98. The minimum absolute atomic E-state index is 0.195. The summed E-state index contributed by atoms with van der Waals surface area (Å²) in [6.07, 6.45) is 2.04. The number of aliphatic hydroxyl groups excluding tert-OH is 1. The van der Waals surface area contributed by atoms with Crippen molar-refractivity contribution < 1.29 is 5.11 Å². The van der Waals surface area contributed by atoms with Gasteiger partial charge in [0.15, 0.2) is 0 Å². The van der Waals surface area contributed by atoms with Crippen LogP contribution in [-0.2, 0) is 6.54 Å². The fourth-order valence-corrected chi connectivity index (χ4v) is 2.52. The molecule has 1 fully saturated rings. The summed E-state index contributed by atoms with van der Waals surface area (Å²) in [6.45, 7) is 8.12. The maximum absolute atomic E-state index is 9.96. The van der Waals surface area contributed by atoms with Crippen molar-refractivity contribution in [1.82, 2.24) is 5.32 Å². The summed E-state index contributed by atoms with van der Waals surface area (Å²) < 4.78 is 0. The number of nitrogens with one attached hydrogen (secondary N) is 1. The van der Waals surface area contributed by atoms with Crippen molar-refractivity contribution in [2.75, 3.05) is 24.5 Å². The summed E-state index contributed by atoms with van der Waals surface area (Å²) in [4.78, 5) is 2.29. The molecular formula is C16H26N2O. The molecule has 1 heterocycles. The van der Waals surface area contributed by atoms with Gasteiger partial charge in [0.2, 0.25) is 0 Å². The summed E-state index contributed by atoms with van der Waals surface area (Å²) >= 11 is 0. The highest BCUT2D eigenvalue weighted by Gasteiger charge is 2.24. The van der Waals surface area contributed by atoms with Crippen LogP contribution in [0.4, 0.5) is 5.69 Å². The zero-order valence-electron chi connectivity index (χ0n) is 12.1. The van der Waals surface area contributed by atoms with Crippen LogP contribution in [0, 0.1) is 5.92 Å². The van der Waals surface area contributed by atoms with Crippen LogP contribution in [0.3, 0.4) is 0 Å². The number of hydrogen-bond donors (Lipinski definition) is 2. The van der Waals surface area contributed by atoms with Gasteiger partial charge in [0, 0.05) is 25.3 Å². The Kier molecular flexibility index (Phi) is 5.23. The van der Waals surface area contributed by atoms with Crippen molar-refractivity contribution in [2.24, 2.45) is 5.92 Å². The van der Waals surface area contributed by atoms with Crippen molar-refractivity contribution in [3.05, 3.63) is 29.8 Å². The number of rotatable bonds is 5. The van der Waals surface area contributed by atoms with Gasteiger partial charge < -0.3 is 15.3 Å². The molecule has 1 saturated heterocycles. The summed E-state index contributed by atoms with van der Waals surface area (Å²) in [5, 5.41) is 13.4. The molecule has 1 aliphatic heterocycles. The number of aliphatic hydroxyl groups is 1. The minimum Gasteiger partial charge on any atom is -0.391 e. The Morgan fingerprint density at radius 3 is 2.68 bits per heavy atom. The van der Waals surface area contributed by atoms with Crippen LogP contribution in [0.15, 0.2) is 24.3 Å². The maximum Gasteiger partial charge on any atom is 0.0741 e. The molecule has 0 aliphatic carbocycles. The number of nitrogens with zero attached hydrogens (tertiary/aromatic N) is 1. The minimum atomic E-state index is -0.195. The van der Waals surface area contributed by atoms with E-state index in [0.29, 0.717) is 5.92 Å². The Bertz CT molecular complexity index is 377. The summed E-state index contributed by atoms with van der Waals surface area (Å²) in [6, 6.07) is 8.71. The Labute approximate surface area is 116 Å². The van der Waals surface area contributed by atoms with Gasteiger partial charge in [-0.25, -0.2) is 0 Å². The van der Waals surface area contributed by atoms with Crippen LogP contribution < -0.4 is 10.2 Å². The molecule has 0 spiro atoms. The third-order valence-electron chi connectivity index (χ3n) is 3.98. The Hall–Kier alpha value is -1.06. The quantitative estimate of drug-likeness (QED) is 0.800. The molecule has 2 unspecified atom stereocenters. The van der Waals surface area contributed by atoms with Crippen LogP contribution in [-0.4, -0.2) is 30.8 Å². The van der Waals surface area contributed by atoms with Crippen molar-refractivity contribution in [3.63, 3.8) is 0 Å². The molecule has 19 heavy (non-hydrogen) atoms. The van der Waals surface area contributed by atoms with E-state index in [1.165, 1.54) is 17.7 Å². The molecule has 1 aromatic carbocycles. The average Bonchev–Trinajstić information content (AvgIpc) is 2.43. The SMILES string of the molecule is CCCNCc1ccc(N2CCC(C)C(O)C2)cc1. The zero-order valence-corrected chi connectivity index (χ0v) is 12.1.